The number of sulfonamides is 1. The van der Waals surface area contributed by atoms with E-state index in [1.807, 2.05) is 0 Å². The number of nitrogens with one attached hydrogen (secondary N) is 1. The van der Waals surface area contributed by atoms with Crippen molar-refractivity contribution in [3.63, 3.8) is 0 Å². The fraction of sp³-hybridized carbons (Fsp3) is 0.500. The molecule has 0 radical (unpaired) electrons. The van der Waals surface area contributed by atoms with Crippen LogP contribution in [0.3, 0.4) is 0 Å². The van der Waals surface area contributed by atoms with Gasteiger partial charge in [-0.2, -0.15) is 0 Å². The van der Waals surface area contributed by atoms with Gasteiger partial charge in [0, 0.05) is 6.04 Å². The highest BCUT2D eigenvalue weighted by molar-refractivity contribution is 7.89. The van der Waals surface area contributed by atoms with Crippen LogP contribution in [0.2, 0.25) is 5.02 Å². The van der Waals surface area contributed by atoms with E-state index in [1.165, 1.54) is 18.2 Å². The minimum atomic E-state index is -3.59. The van der Waals surface area contributed by atoms with E-state index in [1.54, 1.807) is 0 Å². The van der Waals surface area contributed by atoms with E-state index in [2.05, 4.69) is 4.72 Å². The number of nitrogen functional groups attached to an aromatic ring is 1. The van der Waals surface area contributed by atoms with E-state index >= 15 is 0 Å². The van der Waals surface area contributed by atoms with Crippen LogP contribution in [0.1, 0.15) is 25.7 Å². The summed E-state index contributed by atoms with van der Waals surface area (Å²) >= 11 is 5.77. The molecule has 0 amide bonds. The summed E-state index contributed by atoms with van der Waals surface area (Å²) in [5, 5.41) is 9.73. The Morgan fingerprint density at radius 3 is 2.47 bits per heavy atom. The van der Waals surface area contributed by atoms with Crippen LogP contribution in [0, 0.1) is 0 Å². The number of hydrogen-bond acceptors (Lipinski definition) is 4. The molecule has 1 aromatic carbocycles. The SMILES string of the molecule is Nc1cc(S(=O)(=O)NC2CCC(O)CC2)ccc1Cl. The summed E-state index contributed by atoms with van der Waals surface area (Å²) in [6, 6.07) is 4.11. The van der Waals surface area contributed by atoms with E-state index < -0.39 is 10.0 Å². The number of aliphatic hydroxyl groups is 1. The van der Waals surface area contributed by atoms with Gasteiger partial charge in [-0.15, -0.1) is 0 Å². The molecule has 7 heteroatoms. The van der Waals surface area contributed by atoms with Crippen LogP contribution in [-0.4, -0.2) is 25.7 Å². The molecule has 19 heavy (non-hydrogen) atoms. The summed E-state index contributed by atoms with van der Waals surface area (Å²) < 4.78 is 27.0. The highest BCUT2D eigenvalue weighted by Gasteiger charge is 2.25. The molecule has 0 unspecified atom stereocenters. The van der Waals surface area contributed by atoms with Crippen molar-refractivity contribution >= 4 is 27.3 Å². The average Bonchev–Trinajstić information content (AvgIpc) is 2.35. The highest BCUT2D eigenvalue weighted by atomic mass is 35.5. The predicted octanol–water partition coefficient (Wildman–Crippen LogP) is 1.50. The van der Waals surface area contributed by atoms with Gasteiger partial charge in [0.05, 0.1) is 21.7 Å². The molecule has 2 rings (SSSR count). The molecule has 0 aromatic heterocycles. The summed E-state index contributed by atoms with van der Waals surface area (Å²) in [4.78, 5) is 0.112. The van der Waals surface area contributed by atoms with Crippen molar-refractivity contribution in [3.05, 3.63) is 23.2 Å². The van der Waals surface area contributed by atoms with Gasteiger partial charge in [0.15, 0.2) is 0 Å². The Morgan fingerprint density at radius 1 is 1.26 bits per heavy atom. The molecule has 1 aromatic rings. The quantitative estimate of drug-likeness (QED) is 0.738. The first kappa shape index (κ1) is 14.6. The highest BCUT2D eigenvalue weighted by Crippen LogP contribution is 2.24. The first-order chi connectivity index (χ1) is 8.88. The minimum absolute atomic E-state index is 0.112. The maximum atomic E-state index is 12.2. The van der Waals surface area contributed by atoms with Crippen LogP contribution in [0.5, 0.6) is 0 Å². The molecule has 0 bridgehead atoms. The number of rotatable bonds is 3. The summed E-state index contributed by atoms with van der Waals surface area (Å²) in [6.45, 7) is 0. The van der Waals surface area contributed by atoms with Crippen LogP contribution < -0.4 is 10.5 Å². The van der Waals surface area contributed by atoms with Crippen LogP contribution >= 0.6 is 11.6 Å². The van der Waals surface area contributed by atoms with Gasteiger partial charge in [-0.05, 0) is 43.9 Å². The van der Waals surface area contributed by atoms with Gasteiger partial charge >= 0.3 is 0 Å². The third-order valence-corrected chi connectivity index (χ3v) is 5.16. The van der Waals surface area contributed by atoms with E-state index in [-0.39, 0.29) is 22.7 Å². The first-order valence-corrected chi connectivity index (χ1v) is 8.00. The normalized spacial score (nSPS) is 24.3. The molecular weight excluding hydrogens is 288 g/mol. The molecule has 4 N–H and O–H groups in total. The molecule has 0 atom stereocenters. The zero-order chi connectivity index (χ0) is 14.0. The lowest BCUT2D eigenvalue weighted by atomic mass is 9.94. The summed E-state index contributed by atoms with van der Waals surface area (Å²) in [5.74, 6) is 0. The molecule has 1 fully saturated rings. The van der Waals surface area contributed by atoms with Crippen molar-refractivity contribution < 1.29 is 13.5 Å². The second-order valence-corrected chi connectivity index (χ2v) is 6.93. The zero-order valence-corrected chi connectivity index (χ0v) is 11.9. The topological polar surface area (TPSA) is 92.4 Å². The van der Waals surface area contributed by atoms with Crippen molar-refractivity contribution in [1.82, 2.24) is 4.72 Å². The lowest BCUT2D eigenvalue weighted by molar-refractivity contribution is 0.120. The first-order valence-electron chi connectivity index (χ1n) is 6.14. The average molecular weight is 305 g/mol. The number of benzene rings is 1. The fourth-order valence-corrected chi connectivity index (χ4v) is 3.63. The van der Waals surface area contributed by atoms with Crippen molar-refractivity contribution in [2.75, 3.05) is 5.73 Å². The van der Waals surface area contributed by atoms with Gasteiger partial charge in [0.25, 0.3) is 0 Å². The Bertz CT molecular complexity index is 554. The van der Waals surface area contributed by atoms with Crippen molar-refractivity contribution in [3.8, 4) is 0 Å². The van der Waals surface area contributed by atoms with Crippen LogP contribution in [0.4, 0.5) is 5.69 Å². The fourth-order valence-electron chi connectivity index (χ4n) is 2.17. The number of halogens is 1. The molecule has 0 saturated heterocycles. The number of aliphatic hydroxyl groups excluding tert-OH is 1. The molecule has 5 nitrogen and oxygen atoms in total. The smallest absolute Gasteiger partial charge is 0.240 e. The Kier molecular flexibility index (Phi) is 4.35. The third-order valence-electron chi connectivity index (χ3n) is 3.30. The molecule has 106 valence electrons. The summed E-state index contributed by atoms with van der Waals surface area (Å²) in [6.07, 6.45) is 2.21. The number of hydrogen-bond donors (Lipinski definition) is 3. The lowest BCUT2D eigenvalue weighted by Crippen LogP contribution is -2.38. The maximum absolute atomic E-state index is 12.2. The van der Waals surface area contributed by atoms with Crippen molar-refractivity contribution in [1.29, 1.82) is 0 Å². The molecular formula is C12H17ClN2O3S. The van der Waals surface area contributed by atoms with Gasteiger partial charge in [-0.25, -0.2) is 13.1 Å². The third kappa shape index (κ3) is 3.60. The van der Waals surface area contributed by atoms with Gasteiger partial charge in [-0.3, -0.25) is 0 Å². The second kappa shape index (κ2) is 5.66. The second-order valence-electron chi connectivity index (χ2n) is 4.81. The van der Waals surface area contributed by atoms with Gasteiger partial charge in [0.1, 0.15) is 0 Å². The van der Waals surface area contributed by atoms with Crippen LogP contribution in [0.25, 0.3) is 0 Å². The monoisotopic (exact) mass is 304 g/mol. The largest absolute Gasteiger partial charge is 0.397 e. The van der Waals surface area contributed by atoms with Crippen LogP contribution in [-0.2, 0) is 10.0 Å². The molecule has 1 saturated carbocycles. The predicted molar refractivity (Wildman–Crippen MR) is 74.4 cm³/mol. The van der Waals surface area contributed by atoms with E-state index in [0.717, 1.165) is 0 Å². The minimum Gasteiger partial charge on any atom is -0.397 e. The van der Waals surface area contributed by atoms with E-state index in [4.69, 9.17) is 17.3 Å². The standard InChI is InChI=1S/C12H17ClN2O3S/c13-11-6-5-10(7-12(11)14)19(17,18)15-8-1-3-9(16)4-2-8/h5-9,15-16H,1-4,14H2. The molecule has 0 aliphatic heterocycles. The van der Waals surface area contributed by atoms with Crippen LogP contribution in [0.15, 0.2) is 23.1 Å². The summed E-state index contributed by atoms with van der Waals surface area (Å²) in [7, 11) is -3.59. The Balaban J connectivity index is 2.11. The molecule has 0 spiro atoms. The van der Waals surface area contributed by atoms with E-state index in [9.17, 15) is 13.5 Å². The Labute approximate surface area is 117 Å². The van der Waals surface area contributed by atoms with Gasteiger partial charge < -0.3 is 10.8 Å². The van der Waals surface area contributed by atoms with Crippen molar-refractivity contribution in [2.24, 2.45) is 0 Å². The van der Waals surface area contributed by atoms with Gasteiger partial charge in [-0.1, -0.05) is 11.6 Å². The molecule has 1 aliphatic carbocycles. The van der Waals surface area contributed by atoms with Crippen molar-refractivity contribution in [2.45, 2.75) is 42.7 Å². The zero-order valence-electron chi connectivity index (χ0n) is 10.3. The lowest BCUT2D eigenvalue weighted by Gasteiger charge is -2.26. The number of nitrogens with two attached hydrogens (primary N) is 1. The van der Waals surface area contributed by atoms with E-state index in [0.29, 0.717) is 30.7 Å². The summed E-state index contributed by atoms with van der Waals surface area (Å²) in [5.41, 5.74) is 5.85. The van der Waals surface area contributed by atoms with Gasteiger partial charge in [0.2, 0.25) is 10.0 Å². The Hall–Kier alpha value is -0.820. The number of anilines is 1. The molecule has 1 aliphatic rings. The maximum Gasteiger partial charge on any atom is 0.240 e. The Morgan fingerprint density at radius 2 is 1.89 bits per heavy atom. The molecule has 0 heterocycles.